The molecule has 1 saturated carbocycles. The van der Waals surface area contributed by atoms with Gasteiger partial charge in [0.1, 0.15) is 0 Å². The van der Waals surface area contributed by atoms with E-state index in [1.165, 1.54) is 6.08 Å². The highest BCUT2D eigenvalue weighted by atomic mass is 19.4. The van der Waals surface area contributed by atoms with E-state index < -0.39 is 18.0 Å². The summed E-state index contributed by atoms with van der Waals surface area (Å²) in [4.78, 5) is 12.7. The fourth-order valence-corrected chi connectivity index (χ4v) is 4.01. The Morgan fingerprint density at radius 1 is 1.24 bits per heavy atom. The van der Waals surface area contributed by atoms with Gasteiger partial charge in [0.05, 0.1) is 5.92 Å². The van der Waals surface area contributed by atoms with E-state index >= 15 is 0 Å². The summed E-state index contributed by atoms with van der Waals surface area (Å²) in [5.74, 6) is -2.08. The van der Waals surface area contributed by atoms with E-state index in [9.17, 15) is 18.0 Å². The molecule has 1 aliphatic heterocycles. The minimum Gasteiger partial charge on any atom is -0.379 e. The van der Waals surface area contributed by atoms with Crippen LogP contribution in [0.1, 0.15) is 50.7 Å². The van der Waals surface area contributed by atoms with Gasteiger partial charge in [0.2, 0.25) is 0 Å². The first-order chi connectivity index (χ1) is 11.7. The van der Waals surface area contributed by atoms with Crippen molar-refractivity contribution in [1.29, 1.82) is 0 Å². The zero-order valence-electron chi connectivity index (χ0n) is 14.6. The third-order valence-corrected chi connectivity index (χ3v) is 5.24. The van der Waals surface area contributed by atoms with E-state index in [-0.39, 0.29) is 24.2 Å². The van der Waals surface area contributed by atoms with Crippen molar-refractivity contribution in [1.82, 2.24) is 5.32 Å². The molecule has 25 heavy (non-hydrogen) atoms. The minimum absolute atomic E-state index is 0.0862. The fraction of sp³-hybridized carbons (Fsp3) is 0.550. The van der Waals surface area contributed by atoms with Crippen molar-refractivity contribution >= 4 is 11.5 Å². The first-order valence-electron chi connectivity index (χ1n) is 8.84. The van der Waals surface area contributed by atoms with Crippen molar-refractivity contribution in [3.8, 4) is 0 Å². The number of nitrogens with one attached hydrogen (secondary N) is 1. The maximum atomic E-state index is 13.0. The number of alkyl halides is 3. The smallest absolute Gasteiger partial charge is 0.379 e. The molecule has 0 saturated heterocycles. The Bertz CT molecular complexity index is 690. The van der Waals surface area contributed by atoms with Gasteiger partial charge in [-0.15, -0.1) is 0 Å². The second-order valence-corrected chi connectivity index (χ2v) is 7.91. The predicted octanol–water partition coefficient (Wildman–Crippen LogP) is 4.89. The number of carbonyl (C=O) groups is 1. The Morgan fingerprint density at radius 3 is 2.68 bits per heavy atom. The summed E-state index contributed by atoms with van der Waals surface area (Å²) in [5.41, 5.74) is 2.66. The van der Waals surface area contributed by atoms with Crippen molar-refractivity contribution in [2.45, 2.75) is 57.7 Å². The third kappa shape index (κ3) is 4.07. The van der Waals surface area contributed by atoms with Crippen molar-refractivity contribution in [2.24, 2.45) is 11.8 Å². The summed E-state index contributed by atoms with van der Waals surface area (Å²) in [5, 5.41) is 3.38. The van der Waals surface area contributed by atoms with Crippen LogP contribution in [-0.2, 0) is 11.2 Å². The van der Waals surface area contributed by atoms with Gasteiger partial charge in [0.25, 0.3) is 0 Å². The summed E-state index contributed by atoms with van der Waals surface area (Å²) >= 11 is 0. The van der Waals surface area contributed by atoms with Crippen molar-refractivity contribution < 1.29 is 18.0 Å². The van der Waals surface area contributed by atoms with Gasteiger partial charge >= 0.3 is 6.18 Å². The lowest BCUT2D eigenvalue weighted by Crippen LogP contribution is -2.44. The van der Waals surface area contributed by atoms with Crippen molar-refractivity contribution in [3.05, 3.63) is 41.5 Å². The molecule has 1 aromatic carbocycles. The van der Waals surface area contributed by atoms with Crippen LogP contribution in [0, 0.1) is 11.8 Å². The van der Waals surface area contributed by atoms with Crippen LogP contribution in [0.2, 0.25) is 0 Å². The van der Waals surface area contributed by atoms with Crippen LogP contribution >= 0.6 is 0 Å². The lowest BCUT2D eigenvalue weighted by molar-refractivity contribution is -0.185. The van der Waals surface area contributed by atoms with Crippen LogP contribution in [0.25, 0.3) is 5.70 Å². The SMILES string of the molecule is CC1(C)Cc2ccccc2/C(=C\C(=O)C2CCCC(C(F)(F)F)C2)N1. The quantitative estimate of drug-likeness (QED) is 0.769. The van der Waals surface area contributed by atoms with E-state index in [2.05, 4.69) is 19.2 Å². The Kier molecular flexibility index (Phi) is 4.69. The van der Waals surface area contributed by atoms with Gasteiger partial charge in [0, 0.05) is 28.8 Å². The fourth-order valence-electron chi connectivity index (χ4n) is 4.01. The summed E-state index contributed by atoms with van der Waals surface area (Å²) in [6.07, 6.45) is -0.782. The topological polar surface area (TPSA) is 29.1 Å². The maximum absolute atomic E-state index is 13.0. The molecule has 3 rings (SSSR count). The molecular weight excluding hydrogens is 327 g/mol. The summed E-state index contributed by atoms with van der Waals surface area (Å²) in [7, 11) is 0. The number of halogens is 3. The Balaban J connectivity index is 1.83. The zero-order chi connectivity index (χ0) is 18.2. The molecule has 1 aromatic rings. The monoisotopic (exact) mass is 351 g/mol. The molecule has 0 aromatic heterocycles. The molecule has 0 spiro atoms. The van der Waals surface area contributed by atoms with Gasteiger partial charge in [-0.3, -0.25) is 4.79 Å². The van der Waals surface area contributed by atoms with Crippen LogP contribution in [-0.4, -0.2) is 17.5 Å². The van der Waals surface area contributed by atoms with Crippen LogP contribution in [0.5, 0.6) is 0 Å². The van der Waals surface area contributed by atoms with Gasteiger partial charge in [0.15, 0.2) is 5.78 Å². The van der Waals surface area contributed by atoms with Crippen LogP contribution in [0.3, 0.4) is 0 Å². The first-order valence-corrected chi connectivity index (χ1v) is 8.84. The molecule has 1 N–H and O–H groups in total. The van der Waals surface area contributed by atoms with Gasteiger partial charge in [-0.1, -0.05) is 30.7 Å². The lowest BCUT2D eigenvalue weighted by Gasteiger charge is -2.36. The number of allylic oxidation sites excluding steroid dienone is 1. The largest absolute Gasteiger partial charge is 0.391 e. The maximum Gasteiger partial charge on any atom is 0.391 e. The molecule has 0 bridgehead atoms. The number of hydrogen-bond donors (Lipinski definition) is 1. The second kappa shape index (κ2) is 6.50. The van der Waals surface area contributed by atoms with Crippen LogP contribution in [0.4, 0.5) is 13.2 Å². The number of fused-ring (bicyclic) bond motifs is 1. The van der Waals surface area contributed by atoms with Gasteiger partial charge in [-0.2, -0.15) is 13.2 Å². The molecule has 2 aliphatic rings. The zero-order valence-corrected chi connectivity index (χ0v) is 14.6. The molecule has 2 unspecified atom stereocenters. The highest BCUT2D eigenvalue weighted by Gasteiger charge is 2.43. The molecule has 136 valence electrons. The molecule has 2 nitrogen and oxygen atoms in total. The van der Waals surface area contributed by atoms with Crippen LogP contribution < -0.4 is 5.32 Å². The Hall–Kier alpha value is -1.78. The molecule has 1 aliphatic carbocycles. The Morgan fingerprint density at radius 2 is 1.96 bits per heavy atom. The Labute approximate surface area is 146 Å². The lowest BCUT2D eigenvalue weighted by atomic mass is 9.78. The standard InChI is InChI=1S/C20H24F3NO/c1-19(2)12-14-6-3-4-9-16(14)17(24-19)11-18(25)13-7-5-8-15(10-13)20(21,22)23/h3-4,6,9,11,13,15,24H,5,7-8,10,12H2,1-2H3/b17-11+. The number of hydrogen-bond acceptors (Lipinski definition) is 2. The molecule has 5 heteroatoms. The van der Waals surface area contributed by atoms with E-state index in [1.54, 1.807) is 0 Å². The molecular formula is C20H24F3NO. The number of benzene rings is 1. The molecule has 2 atom stereocenters. The minimum atomic E-state index is -4.20. The molecule has 1 fully saturated rings. The average Bonchev–Trinajstić information content (AvgIpc) is 2.53. The molecule has 1 heterocycles. The third-order valence-electron chi connectivity index (χ3n) is 5.24. The average molecular weight is 351 g/mol. The van der Waals surface area contributed by atoms with Crippen LogP contribution in [0.15, 0.2) is 30.3 Å². The first kappa shape index (κ1) is 18.0. The van der Waals surface area contributed by atoms with E-state index in [0.29, 0.717) is 12.8 Å². The summed E-state index contributed by atoms with van der Waals surface area (Å²) in [6.45, 7) is 4.11. The summed E-state index contributed by atoms with van der Waals surface area (Å²) < 4.78 is 39.0. The highest BCUT2D eigenvalue weighted by molar-refractivity contribution is 5.98. The van der Waals surface area contributed by atoms with Crippen molar-refractivity contribution in [3.63, 3.8) is 0 Å². The van der Waals surface area contributed by atoms with E-state index in [4.69, 9.17) is 0 Å². The number of rotatable bonds is 2. The van der Waals surface area contributed by atoms with Crippen molar-refractivity contribution in [2.75, 3.05) is 0 Å². The second-order valence-electron chi connectivity index (χ2n) is 7.91. The summed E-state index contributed by atoms with van der Waals surface area (Å²) in [6, 6.07) is 7.87. The van der Waals surface area contributed by atoms with E-state index in [0.717, 1.165) is 23.2 Å². The predicted molar refractivity (Wildman–Crippen MR) is 91.8 cm³/mol. The molecule has 0 radical (unpaired) electrons. The highest BCUT2D eigenvalue weighted by Crippen LogP contribution is 2.40. The molecule has 0 amide bonds. The van der Waals surface area contributed by atoms with Gasteiger partial charge < -0.3 is 5.32 Å². The van der Waals surface area contributed by atoms with Gasteiger partial charge in [-0.05, 0) is 45.1 Å². The number of carbonyl (C=O) groups excluding carboxylic acids is 1. The number of ketones is 1. The van der Waals surface area contributed by atoms with Gasteiger partial charge in [-0.25, -0.2) is 0 Å². The van der Waals surface area contributed by atoms with E-state index in [1.807, 2.05) is 24.3 Å². The normalized spacial score (nSPS) is 27.5.